The molecule has 1 saturated heterocycles. The van der Waals surface area contributed by atoms with E-state index in [9.17, 15) is 0 Å². The fourth-order valence-corrected chi connectivity index (χ4v) is 5.02. The Morgan fingerprint density at radius 3 is 1.88 bits per heavy atom. The van der Waals surface area contributed by atoms with E-state index in [1.165, 1.54) is 31.3 Å². The zero-order valence-corrected chi connectivity index (χ0v) is 21.5. The van der Waals surface area contributed by atoms with Gasteiger partial charge in [-0.15, -0.1) is 11.3 Å². The van der Waals surface area contributed by atoms with E-state index in [2.05, 4.69) is 94.4 Å². The Hall–Kier alpha value is -2.14. The Labute approximate surface area is 197 Å². The van der Waals surface area contributed by atoms with E-state index in [1.54, 1.807) is 0 Å². The van der Waals surface area contributed by atoms with Crippen molar-refractivity contribution >= 4 is 44.1 Å². The quantitative estimate of drug-likeness (QED) is 0.290. The molecule has 1 aliphatic rings. The molecule has 3 aromatic carbocycles. The molecule has 1 aromatic heterocycles. The highest BCUT2D eigenvalue weighted by molar-refractivity contribution is 7.26. The molecule has 0 amide bonds. The molecule has 2 heterocycles. The van der Waals surface area contributed by atoms with Crippen LogP contribution in [0, 0.1) is 0 Å². The number of rotatable bonds is 2. The predicted octanol–water partition coefficient (Wildman–Crippen LogP) is 8.07. The van der Waals surface area contributed by atoms with Crippen molar-refractivity contribution in [1.82, 2.24) is 0 Å². The topological polar surface area (TPSA) is 18.5 Å². The largest absolute Gasteiger partial charge is 0.494 e. The lowest BCUT2D eigenvalue weighted by atomic mass is 9.77. The summed E-state index contributed by atoms with van der Waals surface area (Å²) in [6, 6.07) is 23.7. The second-order valence-electron chi connectivity index (χ2n) is 8.50. The minimum atomic E-state index is -0.365. The highest BCUT2D eigenvalue weighted by atomic mass is 32.1. The average Bonchev–Trinajstić information content (AvgIpc) is 3.29. The number of hydrogen-bond donors (Lipinski definition) is 0. The summed E-state index contributed by atoms with van der Waals surface area (Å²) >= 11 is 1.85. The third kappa shape index (κ3) is 4.37. The molecule has 0 bridgehead atoms. The lowest BCUT2D eigenvalue weighted by molar-refractivity contribution is 0.00578. The molecule has 0 spiro atoms. The molecule has 2 nitrogen and oxygen atoms in total. The van der Waals surface area contributed by atoms with Crippen LogP contribution in [0.25, 0.3) is 31.3 Å². The van der Waals surface area contributed by atoms with E-state index in [-0.39, 0.29) is 18.3 Å². The van der Waals surface area contributed by atoms with Crippen LogP contribution >= 0.6 is 11.3 Å². The van der Waals surface area contributed by atoms with Crippen LogP contribution < -0.4 is 5.46 Å². The van der Waals surface area contributed by atoms with Crippen molar-refractivity contribution in [3.05, 3.63) is 66.7 Å². The molecule has 0 N–H and O–H groups in total. The first-order valence-corrected chi connectivity index (χ1v) is 12.5. The van der Waals surface area contributed by atoms with Crippen molar-refractivity contribution < 1.29 is 9.31 Å². The van der Waals surface area contributed by atoms with Gasteiger partial charge >= 0.3 is 7.12 Å². The lowest BCUT2D eigenvalue weighted by Crippen LogP contribution is -2.41. The summed E-state index contributed by atoms with van der Waals surface area (Å²) in [5.41, 5.74) is 2.84. The van der Waals surface area contributed by atoms with Crippen molar-refractivity contribution in [2.45, 2.75) is 66.6 Å². The number of fused-ring (bicyclic) bond motifs is 3. The summed E-state index contributed by atoms with van der Waals surface area (Å²) in [5, 5.41) is 2.56. The second kappa shape index (κ2) is 9.78. The lowest BCUT2D eigenvalue weighted by Gasteiger charge is -2.32. The summed E-state index contributed by atoms with van der Waals surface area (Å²) in [7, 11) is -0.365. The Morgan fingerprint density at radius 2 is 1.25 bits per heavy atom. The van der Waals surface area contributed by atoms with E-state index in [0.717, 1.165) is 5.46 Å². The monoisotopic (exact) mass is 446 g/mol. The van der Waals surface area contributed by atoms with Crippen molar-refractivity contribution in [2.24, 2.45) is 0 Å². The molecular formula is C28H35BO2S. The zero-order valence-electron chi connectivity index (χ0n) is 20.7. The van der Waals surface area contributed by atoms with Crippen molar-refractivity contribution in [3.8, 4) is 11.1 Å². The van der Waals surface area contributed by atoms with Crippen LogP contribution in [0.5, 0.6) is 0 Å². The van der Waals surface area contributed by atoms with Gasteiger partial charge in [-0.1, -0.05) is 88.4 Å². The summed E-state index contributed by atoms with van der Waals surface area (Å²) in [6.45, 7) is 16.4. The van der Waals surface area contributed by atoms with Gasteiger partial charge in [0.1, 0.15) is 0 Å². The summed E-state index contributed by atoms with van der Waals surface area (Å²) in [4.78, 5) is 0. The molecule has 4 aromatic rings. The maximum atomic E-state index is 6.36. The molecule has 1 aliphatic heterocycles. The minimum absolute atomic E-state index is 0.351. The zero-order chi connectivity index (χ0) is 23.5. The van der Waals surface area contributed by atoms with Gasteiger partial charge in [0, 0.05) is 20.2 Å². The first-order valence-electron chi connectivity index (χ1n) is 11.7. The van der Waals surface area contributed by atoms with Crippen LogP contribution in [-0.4, -0.2) is 18.3 Å². The van der Waals surface area contributed by atoms with Gasteiger partial charge in [0.05, 0.1) is 11.2 Å². The molecule has 0 saturated carbocycles. The maximum absolute atomic E-state index is 6.36. The molecule has 0 radical (unpaired) electrons. The van der Waals surface area contributed by atoms with E-state index in [4.69, 9.17) is 9.31 Å². The Bertz CT molecular complexity index is 1160. The van der Waals surface area contributed by atoms with Gasteiger partial charge in [0.2, 0.25) is 0 Å². The number of hydrogen-bond acceptors (Lipinski definition) is 3. The fourth-order valence-electron chi connectivity index (χ4n) is 3.80. The Kier molecular flexibility index (Phi) is 7.49. The van der Waals surface area contributed by atoms with Gasteiger partial charge in [-0.25, -0.2) is 0 Å². The molecule has 1 fully saturated rings. The van der Waals surface area contributed by atoms with E-state index < -0.39 is 0 Å². The summed E-state index contributed by atoms with van der Waals surface area (Å²) in [5.74, 6) is 0. The molecule has 0 aliphatic carbocycles. The standard InChI is InChI=1S/C24H23BO2S.2C2H6/c1-23(2)24(3,4)27-25(26-23)17-14-19(16-10-6-5-7-11-16)22-20(15-17)18-12-8-9-13-21(18)28-22;2*1-2/h5-15H,1-4H3;2*1-2H3. The van der Waals surface area contributed by atoms with Crippen molar-refractivity contribution in [3.63, 3.8) is 0 Å². The van der Waals surface area contributed by atoms with Crippen LogP contribution in [0.15, 0.2) is 66.7 Å². The minimum Gasteiger partial charge on any atom is -0.399 e. The molecule has 168 valence electrons. The molecule has 0 atom stereocenters. The first-order chi connectivity index (χ1) is 15.4. The van der Waals surface area contributed by atoms with E-state index >= 15 is 0 Å². The third-order valence-corrected chi connectivity index (χ3v) is 7.33. The predicted molar refractivity (Wildman–Crippen MR) is 143 cm³/mol. The van der Waals surface area contributed by atoms with E-state index in [0.29, 0.717) is 0 Å². The van der Waals surface area contributed by atoms with Gasteiger partial charge in [-0.2, -0.15) is 0 Å². The molecule has 0 unspecified atom stereocenters. The van der Waals surface area contributed by atoms with Gasteiger partial charge in [0.15, 0.2) is 0 Å². The average molecular weight is 446 g/mol. The van der Waals surface area contributed by atoms with Crippen LogP contribution in [0.2, 0.25) is 0 Å². The number of benzene rings is 3. The molecular weight excluding hydrogens is 411 g/mol. The molecule has 32 heavy (non-hydrogen) atoms. The Morgan fingerprint density at radius 1 is 0.688 bits per heavy atom. The number of thiophene rings is 1. The Balaban J connectivity index is 0.000000686. The highest BCUT2D eigenvalue weighted by Gasteiger charge is 2.51. The second-order valence-corrected chi connectivity index (χ2v) is 9.55. The van der Waals surface area contributed by atoms with Crippen LogP contribution in [0.4, 0.5) is 0 Å². The summed E-state index contributed by atoms with van der Waals surface area (Å²) < 4.78 is 15.3. The van der Waals surface area contributed by atoms with Crippen LogP contribution in [0.3, 0.4) is 0 Å². The van der Waals surface area contributed by atoms with Gasteiger partial charge in [0.25, 0.3) is 0 Å². The van der Waals surface area contributed by atoms with Crippen LogP contribution in [0.1, 0.15) is 55.4 Å². The smallest absolute Gasteiger partial charge is 0.399 e. The first kappa shape index (κ1) is 24.5. The van der Waals surface area contributed by atoms with Gasteiger partial charge < -0.3 is 9.31 Å². The fraction of sp³-hybridized carbons (Fsp3) is 0.357. The van der Waals surface area contributed by atoms with Gasteiger partial charge in [-0.05, 0) is 50.4 Å². The van der Waals surface area contributed by atoms with E-state index in [1.807, 2.05) is 39.0 Å². The molecule has 4 heteroatoms. The van der Waals surface area contributed by atoms with Crippen molar-refractivity contribution in [1.29, 1.82) is 0 Å². The summed E-state index contributed by atoms with van der Waals surface area (Å²) in [6.07, 6.45) is 0. The normalized spacial score (nSPS) is 16.3. The van der Waals surface area contributed by atoms with Crippen molar-refractivity contribution in [2.75, 3.05) is 0 Å². The third-order valence-electron chi connectivity index (χ3n) is 6.11. The SMILES string of the molecule is CC.CC.CC1(C)OB(c2cc(-c3ccccc3)c3sc4ccccc4c3c2)OC1(C)C. The van der Waals surface area contributed by atoms with Crippen LogP contribution in [-0.2, 0) is 9.31 Å². The maximum Gasteiger partial charge on any atom is 0.494 e. The molecule has 5 rings (SSSR count). The van der Waals surface area contributed by atoms with Gasteiger partial charge in [-0.3, -0.25) is 0 Å². The highest BCUT2D eigenvalue weighted by Crippen LogP contribution is 2.41.